The van der Waals surface area contributed by atoms with Crippen LogP contribution in [-0.4, -0.2) is 43.0 Å². The number of ether oxygens (including phenoxy) is 1. The van der Waals surface area contributed by atoms with Crippen molar-refractivity contribution in [1.82, 2.24) is 10.2 Å². The highest BCUT2D eigenvalue weighted by molar-refractivity contribution is 6.30. The molecule has 0 saturated carbocycles. The number of morpholine rings is 1. The first-order chi connectivity index (χ1) is 15.1. The second kappa shape index (κ2) is 9.64. The number of benzene rings is 2. The van der Waals surface area contributed by atoms with E-state index in [1.165, 1.54) is 0 Å². The van der Waals surface area contributed by atoms with Crippen LogP contribution in [0, 0.1) is 0 Å². The molecule has 2 heterocycles. The first-order valence-corrected chi connectivity index (χ1v) is 10.3. The molecule has 0 unspecified atom stereocenters. The lowest BCUT2D eigenvalue weighted by atomic mass is 10.2. The zero-order valence-electron chi connectivity index (χ0n) is 16.7. The molecule has 31 heavy (non-hydrogen) atoms. The first-order valence-electron chi connectivity index (χ1n) is 9.91. The zero-order chi connectivity index (χ0) is 21.6. The quantitative estimate of drug-likeness (QED) is 0.607. The van der Waals surface area contributed by atoms with Crippen molar-refractivity contribution in [3.05, 3.63) is 88.8 Å². The molecule has 1 aliphatic rings. The number of nitrogens with zero attached hydrogens (tertiary/aromatic N) is 1. The lowest BCUT2D eigenvalue weighted by molar-refractivity contribution is -0.131. The van der Waals surface area contributed by atoms with Crippen molar-refractivity contribution in [2.75, 3.05) is 26.3 Å². The van der Waals surface area contributed by atoms with Crippen LogP contribution in [0.3, 0.4) is 0 Å². The maximum atomic E-state index is 13.1. The number of carbonyl (C=O) groups is 2. The van der Waals surface area contributed by atoms with Crippen molar-refractivity contribution in [2.45, 2.75) is 0 Å². The van der Waals surface area contributed by atoms with Gasteiger partial charge < -0.3 is 19.4 Å². The average molecular weight is 437 g/mol. The Bertz CT molecular complexity index is 1080. The largest absolute Gasteiger partial charge is 0.457 e. The van der Waals surface area contributed by atoms with Crippen molar-refractivity contribution in [1.29, 1.82) is 0 Å². The van der Waals surface area contributed by atoms with Crippen molar-refractivity contribution >= 4 is 29.5 Å². The van der Waals surface area contributed by atoms with Crippen LogP contribution in [0.1, 0.15) is 16.1 Å². The Labute approximate surface area is 185 Å². The Morgan fingerprint density at radius 2 is 1.65 bits per heavy atom. The van der Waals surface area contributed by atoms with Gasteiger partial charge in [-0.15, -0.1) is 0 Å². The predicted octanol–water partition coefficient (Wildman–Crippen LogP) is 4.23. The van der Waals surface area contributed by atoms with Crippen LogP contribution in [0.4, 0.5) is 0 Å². The highest BCUT2D eigenvalue weighted by Gasteiger charge is 2.23. The summed E-state index contributed by atoms with van der Waals surface area (Å²) >= 11 is 5.95. The van der Waals surface area contributed by atoms with Crippen molar-refractivity contribution in [3.63, 3.8) is 0 Å². The van der Waals surface area contributed by atoms with Crippen LogP contribution in [0.5, 0.6) is 0 Å². The van der Waals surface area contributed by atoms with E-state index in [0.717, 1.165) is 5.56 Å². The average Bonchev–Trinajstić information content (AvgIpc) is 3.28. The molecule has 0 radical (unpaired) electrons. The van der Waals surface area contributed by atoms with E-state index in [1.54, 1.807) is 53.4 Å². The summed E-state index contributed by atoms with van der Waals surface area (Å²) in [5.41, 5.74) is 1.47. The number of carbonyl (C=O) groups excluding carboxylic acids is 2. The van der Waals surface area contributed by atoms with Crippen molar-refractivity contribution < 1.29 is 18.7 Å². The molecule has 6 nitrogen and oxygen atoms in total. The summed E-state index contributed by atoms with van der Waals surface area (Å²) in [6.07, 6.45) is 1.55. The summed E-state index contributed by atoms with van der Waals surface area (Å²) in [6.45, 7) is 1.86. The molecular weight excluding hydrogens is 416 g/mol. The van der Waals surface area contributed by atoms with Crippen LogP contribution in [0.2, 0.25) is 5.02 Å². The fourth-order valence-electron chi connectivity index (χ4n) is 3.21. The molecule has 0 atom stereocenters. The molecule has 3 aromatic rings. The standard InChI is InChI=1S/C24H21ClN2O4/c25-19-8-6-17(7-9-19)22-11-10-20(31-22)16-21(24(29)27-12-14-30-15-13-27)26-23(28)18-4-2-1-3-5-18/h1-11,16H,12-15H2,(H,26,28)/b21-16+. The third kappa shape index (κ3) is 5.23. The SMILES string of the molecule is O=C(N/C(=C/c1ccc(-c2ccc(Cl)cc2)o1)C(=O)N1CCOCC1)c1ccccc1. The molecule has 1 N–H and O–H groups in total. The summed E-state index contributed by atoms with van der Waals surface area (Å²) < 4.78 is 11.2. The van der Waals surface area contributed by atoms with Gasteiger partial charge in [-0.25, -0.2) is 0 Å². The van der Waals surface area contributed by atoms with E-state index in [0.29, 0.717) is 48.4 Å². The van der Waals surface area contributed by atoms with E-state index in [4.69, 9.17) is 20.8 Å². The maximum absolute atomic E-state index is 13.1. The highest BCUT2D eigenvalue weighted by Crippen LogP contribution is 2.25. The van der Waals surface area contributed by atoms with Gasteiger partial charge in [-0.2, -0.15) is 0 Å². The summed E-state index contributed by atoms with van der Waals surface area (Å²) in [5, 5.41) is 3.38. The third-order valence-electron chi connectivity index (χ3n) is 4.86. The molecule has 1 saturated heterocycles. The fourth-order valence-corrected chi connectivity index (χ4v) is 3.34. The number of furan rings is 1. The minimum absolute atomic E-state index is 0.146. The van der Waals surface area contributed by atoms with Gasteiger partial charge in [0.2, 0.25) is 0 Å². The van der Waals surface area contributed by atoms with Gasteiger partial charge >= 0.3 is 0 Å². The molecule has 2 amide bonds. The predicted molar refractivity (Wildman–Crippen MR) is 118 cm³/mol. The Morgan fingerprint density at radius 3 is 2.35 bits per heavy atom. The maximum Gasteiger partial charge on any atom is 0.270 e. The number of hydrogen-bond acceptors (Lipinski definition) is 4. The van der Waals surface area contributed by atoms with Gasteiger partial charge in [0.25, 0.3) is 11.8 Å². The van der Waals surface area contributed by atoms with Gasteiger partial charge in [-0.05, 0) is 48.5 Å². The number of halogens is 1. The van der Waals surface area contributed by atoms with Crippen LogP contribution in [-0.2, 0) is 9.53 Å². The first kappa shape index (κ1) is 20.9. The minimum atomic E-state index is -0.363. The highest BCUT2D eigenvalue weighted by atomic mass is 35.5. The minimum Gasteiger partial charge on any atom is -0.457 e. The van der Waals surface area contributed by atoms with Crippen molar-refractivity contribution in [3.8, 4) is 11.3 Å². The zero-order valence-corrected chi connectivity index (χ0v) is 17.5. The molecule has 0 bridgehead atoms. The Hall–Kier alpha value is -3.35. The summed E-state index contributed by atoms with van der Waals surface area (Å²) in [5.74, 6) is 0.445. The lowest BCUT2D eigenvalue weighted by Crippen LogP contribution is -2.44. The molecule has 158 valence electrons. The van der Waals surface area contributed by atoms with E-state index < -0.39 is 0 Å². The Morgan fingerprint density at radius 1 is 0.935 bits per heavy atom. The van der Waals surface area contributed by atoms with Gasteiger partial charge in [0.15, 0.2) is 0 Å². The molecule has 0 spiro atoms. The summed E-state index contributed by atoms with van der Waals surface area (Å²) in [4.78, 5) is 27.5. The molecule has 4 rings (SSSR count). The van der Waals surface area contributed by atoms with E-state index in [9.17, 15) is 9.59 Å². The van der Waals surface area contributed by atoms with Crippen LogP contribution in [0.15, 0.2) is 76.8 Å². The van der Waals surface area contributed by atoms with E-state index >= 15 is 0 Å². The Balaban J connectivity index is 1.61. The third-order valence-corrected chi connectivity index (χ3v) is 5.11. The number of rotatable bonds is 5. The molecule has 1 fully saturated rings. The lowest BCUT2D eigenvalue weighted by Gasteiger charge is -2.27. The van der Waals surface area contributed by atoms with Gasteiger partial charge in [-0.3, -0.25) is 9.59 Å². The van der Waals surface area contributed by atoms with Gasteiger partial charge in [0.1, 0.15) is 17.2 Å². The van der Waals surface area contributed by atoms with Crippen molar-refractivity contribution in [2.24, 2.45) is 0 Å². The van der Waals surface area contributed by atoms with E-state index in [2.05, 4.69) is 5.32 Å². The summed E-state index contributed by atoms with van der Waals surface area (Å²) in [7, 11) is 0. The van der Waals surface area contributed by atoms with Crippen LogP contribution >= 0.6 is 11.6 Å². The number of nitrogens with one attached hydrogen (secondary N) is 1. The van der Waals surface area contributed by atoms with Gasteiger partial charge in [0, 0.05) is 35.3 Å². The number of amides is 2. The normalized spacial score (nSPS) is 14.4. The van der Waals surface area contributed by atoms with E-state index in [-0.39, 0.29) is 17.5 Å². The van der Waals surface area contributed by atoms with Crippen LogP contribution in [0.25, 0.3) is 17.4 Å². The van der Waals surface area contributed by atoms with E-state index in [1.807, 2.05) is 24.3 Å². The second-order valence-electron chi connectivity index (χ2n) is 6.99. The second-order valence-corrected chi connectivity index (χ2v) is 7.43. The molecule has 7 heteroatoms. The number of hydrogen-bond donors (Lipinski definition) is 1. The fraction of sp³-hybridized carbons (Fsp3) is 0.167. The molecule has 0 aliphatic carbocycles. The van der Waals surface area contributed by atoms with Gasteiger partial charge in [-0.1, -0.05) is 29.8 Å². The topological polar surface area (TPSA) is 71.8 Å². The molecule has 1 aliphatic heterocycles. The molecule has 1 aromatic heterocycles. The summed E-state index contributed by atoms with van der Waals surface area (Å²) in [6, 6.07) is 19.6. The smallest absolute Gasteiger partial charge is 0.270 e. The van der Waals surface area contributed by atoms with Gasteiger partial charge in [0.05, 0.1) is 13.2 Å². The monoisotopic (exact) mass is 436 g/mol. The molecular formula is C24H21ClN2O4. The van der Waals surface area contributed by atoms with Crippen LogP contribution < -0.4 is 5.32 Å². The Kier molecular flexibility index (Phi) is 6.50. The molecule has 2 aromatic carbocycles.